The first-order valence-electron chi connectivity index (χ1n) is 12.9. The predicted octanol–water partition coefficient (Wildman–Crippen LogP) is -2.10. The number of aliphatic hydroxyl groups excluding tert-OH is 8. The number of phenolic OH excluding ortho intramolecular Hbond substituents is 1. The Morgan fingerprint density at radius 2 is 1.24 bits per heavy atom. The monoisotopic (exact) mass is 580 g/mol. The maximum atomic E-state index is 10.5. The summed E-state index contributed by atoms with van der Waals surface area (Å²) in [6, 6.07) is 9.08. The van der Waals surface area contributed by atoms with Crippen molar-refractivity contribution in [3.63, 3.8) is 0 Å². The van der Waals surface area contributed by atoms with Crippen molar-refractivity contribution >= 4 is 6.08 Å². The molecule has 14 heteroatoms. The highest BCUT2D eigenvalue weighted by molar-refractivity contribution is 5.69. The summed E-state index contributed by atoms with van der Waals surface area (Å²) < 4.78 is 28.7. The summed E-state index contributed by atoms with van der Waals surface area (Å²) in [6.07, 6.45) is -12.8. The standard InChI is InChI=1S/C27H32O14/c28-9-18-20(31)22(33)24(35)26(40-18)37-13-7-16-14(5-6-15(38-16)11-1-3-12(30)4-2-11)17(8-13)39-27-25(36)23(34)21(32)19(10-29)41-27/h1-8,15,18-36H,9-10H2/t15?,18-,19-,20+,21+,22-,23-,24+,25-,26+,27+/m0/s1. The Hall–Kier alpha value is -3.02. The van der Waals surface area contributed by atoms with E-state index >= 15 is 0 Å². The highest BCUT2D eigenvalue weighted by Crippen LogP contribution is 2.43. The van der Waals surface area contributed by atoms with Gasteiger partial charge in [0.2, 0.25) is 12.6 Å². The van der Waals surface area contributed by atoms with Crippen LogP contribution >= 0.6 is 0 Å². The van der Waals surface area contributed by atoms with Crippen molar-refractivity contribution in [1.29, 1.82) is 0 Å². The summed E-state index contributed by atoms with van der Waals surface area (Å²) in [7, 11) is 0. The highest BCUT2D eigenvalue weighted by Gasteiger charge is 2.46. The van der Waals surface area contributed by atoms with Crippen molar-refractivity contribution in [1.82, 2.24) is 0 Å². The van der Waals surface area contributed by atoms with E-state index in [1.165, 1.54) is 24.3 Å². The van der Waals surface area contributed by atoms with Crippen molar-refractivity contribution in [3.8, 4) is 23.0 Å². The second kappa shape index (κ2) is 12.1. The van der Waals surface area contributed by atoms with Crippen LogP contribution in [0.1, 0.15) is 17.2 Å². The van der Waals surface area contributed by atoms with Gasteiger partial charge in [0.05, 0.1) is 18.8 Å². The largest absolute Gasteiger partial charge is 0.508 e. The minimum absolute atomic E-state index is 0.00632. The van der Waals surface area contributed by atoms with Gasteiger partial charge in [0.15, 0.2) is 0 Å². The van der Waals surface area contributed by atoms with Crippen LogP contribution in [0.5, 0.6) is 23.0 Å². The topological polar surface area (TPSA) is 228 Å². The molecule has 0 radical (unpaired) electrons. The minimum atomic E-state index is -1.71. The Morgan fingerprint density at radius 3 is 1.80 bits per heavy atom. The van der Waals surface area contributed by atoms with Gasteiger partial charge < -0.3 is 69.6 Å². The summed E-state index contributed by atoms with van der Waals surface area (Å²) in [5.41, 5.74) is 1.06. The number of fused-ring (bicyclic) bond motifs is 1. The molecule has 3 aliphatic heterocycles. The molecular formula is C27H32O14. The Bertz CT molecular complexity index is 1220. The molecule has 3 heterocycles. The normalized spacial score (nSPS) is 36.7. The van der Waals surface area contributed by atoms with E-state index in [1.54, 1.807) is 24.3 Å². The van der Waals surface area contributed by atoms with Gasteiger partial charge in [-0.1, -0.05) is 12.1 Å². The van der Waals surface area contributed by atoms with Crippen LogP contribution in [0.2, 0.25) is 0 Å². The maximum Gasteiger partial charge on any atom is 0.229 e. The molecule has 2 fully saturated rings. The molecule has 2 aromatic rings. The van der Waals surface area contributed by atoms with Crippen molar-refractivity contribution in [2.24, 2.45) is 0 Å². The number of hydrogen-bond donors (Lipinski definition) is 9. The molecule has 0 aromatic heterocycles. The summed E-state index contributed by atoms with van der Waals surface area (Å²) in [5.74, 6) is 0.255. The van der Waals surface area contributed by atoms with E-state index in [0.717, 1.165) is 0 Å². The molecule has 0 saturated carbocycles. The van der Waals surface area contributed by atoms with Crippen molar-refractivity contribution < 1.29 is 69.6 Å². The molecule has 41 heavy (non-hydrogen) atoms. The third kappa shape index (κ3) is 5.85. The van der Waals surface area contributed by atoms with Gasteiger partial charge in [0.25, 0.3) is 0 Å². The van der Waals surface area contributed by atoms with Gasteiger partial charge >= 0.3 is 0 Å². The lowest BCUT2D eigenvalue weighted by Crippen LogP contribution is -2.60. The summed E-state index contributed by atoms with van der Waals surface area (Å²) >= 11 is 0. The van der Waals surface area contributed by atoms with E-state index in [0.29, 0.717) is 11.1 Å². The van der Waals surface area contributed by atoms with Gasteiger partial charge in [-0.15, -0.1) is 0 Å². The van der Waals surface area contributed by atoms with Crippen LogP contribution in [0.3, 0.4) is 0 Å². The number of phenols is 1. The molecule has 14 nitrogen and oxygen atoms in total. The zero-order valence-corrected chi connectivity index (χ0v) is 21.5. The van der Waals surface area contributed by atoms with Crippen molar-refractivity contribution in [2.45, 2.75) is 67.5 Å². The Kier molecular flexibility index (Phi) is 8.68. The molecule has 0 amide bonds. The second-order valence-electron chi connectivity index (χ2n) is 9.95. The van der Waals surface area contributed by atoms with Gasteiger partial charge in [-0.2, -0.15) is 0 Å². The average Bonchev–Trinajstić information content (AvgIpc) is 2.97. The molecule has 0 spiro atoms. The molecule has 1 unspecified atom stereocenters. The number of rotatable bonds is 7. The Morgan fingerprint density at radius 1 is 0.683 bits per heavy atom. The zero-order chi connectivity index (χ0) is 29.4. The first-order valence-corrected chi connectivity index (χ1v) is 12.9. The van der Waals surface area contributed by atoms with Gasteiger partial charge in [-0.05, 0) is 29.8 Å². The third-order valence-electron chi connectivity index (χ3n) is 7.18. The molecule has 9 N–H and O–H groups in total. The molecule has 3 aliphatic rings. The highest BCUT2D eigenvalue weighted by atomic mass is 16.7. The van der Waals surface area contributed by atoms with Crippen molar-refractivity contribution in [3.05, 3.63) is 53.6 Å². The SMILES string of the molecule is OC[C@@H]1O[C@@H](Oc2cc(O[C@@H]3O[C@@H](CO)[C@@H](O)[C@H](O)[C@H]3O)cc3c2C=CC(c2ccc(O)cc2)O3)[C@@H](O)[C@@H](O)[C@@H]1O. The van der Waals surface area contributed by atoms with E-state index in [1.807, 2.05) is 0 Å². The number of hydrogen-bond acceptors (Lipinski definition) is 14. The Balaban J connectivity index is 1.47. The fourth-order valence-electron chi connectivity index (χ4n) is 4.80. The quantitative estimate of drug-likeness (QED) is 0.171. The van der Waals surface area contributed by atoms with Crippen LogP contribution in [-0.4, -0.2) is 121 Å². The molecule has 11 atom stereocenters. The van der Waals surface area contributed by atoms with Gasteiger partial charge in [-0.25, -0.2) is 0 Å². The lowest BCUT2D eigenvalue weighted by molar-refractivity contribution is -0.278. The fourth-order valence-corrected chi connectivity index (χ4v) is 4.80. The average molecular weight is 581 g/mol. The maximum absolute atomic E-state index is 10.5. The van der Waals surface area contributed by atoms with Crippen LogP contribution in [0.25, 0.3) is 6.08 Å². The van der Waals surface area contributed by atoms with Crippen LogP contribution in [0, 0.1) is 0 Å². The summed E-state index contributed by atoms with van der Waals surface area (Å²) in [4.78, 5) is 0. The van der Waals surface area contributed by atoms with Gasteiger partial charge in [0.1, 0.15) is 77.9 Å². The molecule has 224 valence electrons. The number of aliphatic hydroxyl groups is 8. The molecule has 0 bridgehead atoms. The van der Waals surface area contributed by atoms with Crippen molar-refractivity contribution in [2.75, 3.05) is 13.2 Å². The second-order valence-corrected chi connectivity index (χ2v) is 9.95. The minimum Gasteiger partial charge on any atom is -0.508 e. The molecule has 5 rings (SSSR count). The van der Waals surface area contributed by atoms with Gasteiger partial charge in [-0.3, -0.25) is 0 Å². The first-order chi connectivity index (χ1) is 19.6. The summed E-state index contributed by atoms with van der Waals surface area (Å²) in [6.45, 7) is -1.33. The number of ether oxygens (including phenoxy) is 5. The number of aromatic hydroxyl groups is 1. The number of benzene rings is 2. The van der Waals surface area contributed by atoms with Crippen LogP contribution < -0.4 is 14.2 Å². The zero-order valence-electron chi connectivity index (χ0n) is 21.5. The van der Waals surface area contributed by atoms with E-state index in [-0.39, 0.29) is 23.0 Å². The summed E-state index contributed by atoms with van der Waals surface area (Å²) in [5, 5.41) is 90.2. The Labute approximate surface area is 233 Å². The predicted molar refractivity (Wildman–Crippen MR) is 136 cm³/mol. The van der Waals surface area contributed by atoms with E-state index < -0.39 is 80.7 Å². The smallest absolute Gasteiger partial charge is 0.229 e. The van der Waals surface area contributed by atoms with E-state index in [9.17, 15) is 46.0 Å². The first kappa shape index (κ1) is 29.5. The lowest BCUT2D eigenvalue weighted by atomic mass is 9.99. The van der Waals surface area contributed by atoms with E-state index in [4.69, 9.17) is 23.7 Å². The fraction of sp³-hybridized carbons (Fsp3) is 0.481. The van der Waals surface area contributed by atoms with E-state index in [2.05, 4.69) is 0 Å². The molecule has 0 aliphatic carbocycles. The third-order valence-corrected chi connectivity index (χ3v) is 7.18. The molecule has 2 saturated heterocycles. The van der Waals surface area contributed by atoms with Crippen LogP contribution in [-0.2, 0) is 9.47 Å². The van der Waals surface area contributed by atoms with Crippen LogP contribution in [0.15, 0.2) is 42.5 Å². The molecular weight excluding hydrogens is 548 g/mol. The lowest BCUT2D eigenvalue weighted by Gasteiger charge is -2.40. The van der Waals surface area contributed by atoms with Gasteiger partial charge in [0, 0.05) is 12.1 Å². The van der Waals surface area contributed by atoms with Crippen LogP contribution in [0.4, 0.5) is 0 Å². The molecule has 2 aromatic carbocycles.